The zero-order chi connectivity index (χ0) is 18.2. The van der Waals surface area contributed by atoms with Crippen molar-refractivity contribution < 1.29 is 9.53 Å². The molecule has 1 aliphatic heterocycles. The molecule has 0 atom stereocenters. The molecule has 1 aliphatic rings. The Morgan fingerprint density at radius 2 is 1.93 bits per heavy atom. The Labute approximate surface area is 168 Å². The Morgan fingerprint density at radius 3 is 2.67 bits per heavy atom. The molecule has 146 valence electrons. The number of benzene rings is 2. The molecule has 1 amide bonds. The topological polar surface area (TPSA) is 41.6 Å². The van der Waals surface area contributed by atoms with Crippen LogP contribution in [0, 0.1) is 6.92 Å². The summed E-state index contributed by atoms with van der Waals surface area (Å²) in [7, 11) is 0. The van der Waals surface area contributed by atoms with Gasteiger partial charge < -0.3 is 15.0 Å². The summed E-state index contributed by atoms with van der Waals surface area (Å²) in [5.74, 6) is 1.20. The summed E-state index contributed by atoms with van der Waals surface area (Å²) < 4.78 is 5.91. The van der Waals surface area contributed by atoms with Crippen molar-refractivity contribution in [3.05, 3.63) is 65.2 Å². The van der Waals surface area contributed by atoms with Crippen LogP contribution in [0.2, 0.25) is 0 Å². The molecule has 4 nitrogen and oxygen atoms in total. The van der Waals surface area contributed by atoms with Crippen LogP contribution in [0.25, 0.3) is 0 Å². The zero-order valence-electron chi connectivity index (χ0n) is 15.9. The number of aryl methyl sites for hydroxylation is 1. The van der Waals surface area contributed by atoms with Gasteiger partial charge in [-0.1, -0.05) is 42.0 Å². The van der Waals surface area contributed by atoms with E-state index >= 15 is 0 Å². The zero-order valence-corrected chi connectivity index (χ0v) is 16.8. The standard InChI is InChI=1S/C22H28N2O2.ClH/c1-18-8-10-19(11-9-18)17-26-21-6-2-5-20(15-21)16-23-12-4-14-24-13-3-7-22(24)25;/h2,5-6,8-11,15,23H,3-4,7,12-14,16-17H2,1H3;1H. The van der Waals surface area contributed by atoms with Crippen LogP contribution < -0.4 is 10.1 Å². The van der Waals surface area contributed by atoms with E-state index in [2.05, 4.69) is 48.6 Å². The average Bonchev–Trinajstić information content (AvgIpc) is 3.06. The molecule has 0 spiro atoms. The van der Waals surface area contributed by atoms with E-state index in [1.807, 2.05) is 17.0 Å². The molecule has 0 saturated carbocycles. The monoisotopic (exact) mass is 388 g/mol. The molecule has 5 heteroatoms. The summed E-state index contributed by atoms with van der Waals surface area (Å²) in [6, 6.07) is 16.6. The van der Waals surface area contributed by atoms with Crippen LogP contribution in [-0.2, 0) is 17.9 Å². The predicted octanol–water partition coefficient (Wildman–Crippen LogP) is 4.10. The third-order valence-corrected chi connectivity index (χ3v) is 4.71. The quantitative estimate of drug-likeness (QED) is 0.657. The lowest BCUT2D eigenvalue weighted by atomic mass is 10.2. The third kappa shape index (κ3) is 6.89. The number of amides is 1. The Bertz CT molecular complexity index is 719. The lowest BCUT2D eigenvalue weighted by Crippen LogP contribution is -2.28. The van der Waals surface area contributed by atoms with Crippen molar-refractivity contribution in [2.45, 2.75) is 39.3 Å². The Hall–Kier alpha value is -2.04. The van der Waals surface area contributed by atoms with Gasteiger partial charge in [0, 0.05) is 26.1 Å². The highest BCUT2D eigenvalue weighted by atomic mass is 35.5. The van der Waals surface area contributed by atoms with Crippen LogP contribution in [0.5, 0.6) is 5.75 Å². The molecule has 0 bridgehead atoms. The molecule has 2 aromatic carbocycles. The van der Waals surface area contributed by atoms with Gasteiger partial charge in [-0.3, -0.25) is 4.79 Å². The van der Waals surface area contributed by atoms with E-state index in [-0.39, 0.29) is 12.4 Å². The van der Waals surface area contributed by atoms with E-state index in [1.54, 1.807) is 0 Å². The first-order valence-corrected chi connectivity index (χ1v) is 9.46. The third-order valence-electron chi connectivity index (χ3n) is 4.71. The molecular formula is C22H29ClN2O2. The van der Waals surface area contributed by atoms with Crippen LogP contribution in [0.15, 0.2) is 48.5 Å². The maximum Gasteiger partial charge on any atom is 0.222 e. The summed E-state index contributed by atoms with van der Waals surface area (Å²) in [5.41, 5.74) is 3.65. The van der Waals surface area contributed by atoms with Gasteiger partial charge in [-0.15, -0.1) is 12.4 Å². The molecule has 1 fully saturated rings. The molecule has 0 aromatic heterocycles. The molecule has 2 aromatic rings. The van der Waals surface area contributed by atoms with E-state index in [9.17, 15) is 4.79 Å². The summed E-state index contributed by atoms with van der Waals surface area (Å²) in [6.07, 6.45) is 2.74. The summed E-state index contributed by atoms with van der Waals surface area (Å²) in [6.45, 7) is 6.20. The first-order valence-electron chi connectivity index (χ1n) is 9.46. The fourth-order valence-electron chi connectivity index (χ4n) is 3.16. The number of nitrogens with zero attached hydrogens (tertiary/aromatic N) is 1. The minimum atomic E-state index is 0. The molecule has 27 heavy (non-hydrogen) atoms. The van der Waals surface area contributed by atoms with Crippen molar-refractivity contribution in [3.8, 4) is 5.75 Å². The van der Waals surface area contributed by atoms with Crippen molar-refractivity contribution in [3.63, 3.8) is 0 Å². The SMILES string of the molecule is Cc1ccc(COc2cccc(CNCCCN3CCCC3=O)c2)cc1.Cl. The first kappa shape index (κ1) is 21.3. The second-order valence-corrected chi connectivity index (χ2v) is 6.94. The molecule has 1 saturated heterocycles. The maximum atomic E-state index is 11.6. The Kier molecular flexibility index (Phi) is 8.62. The Balaban J connectivity index is 0.00000261. The fourth-order valence-corrected chi connectivity index (χ4v) is 3.16. The molecule has 3 rings (SSSR count). The number of ether oxygens (including phenoxy) is 1. The molecule has 1 heterocycles. The van der Waals surface area contributed by atoms with Gasteiger partial charge in [-0.05, 0) is 49.6 Å². The predicted molar refractivity (Wildman–Crippen MR) is 111 cm³/mol. The van der Waals surface area contributed by atoms with Crippen molar-refractivity contribution in [1.82, 2.24) is 10.2 Å². The van der Waals surface area contributed by atoms with E-state index < -0.39 is 0 Å². The number of carbonyl (C=O) groups excluding carboxylic acids is 1. The van der Waals surface area contributed by atoms with Gasteiger partial charge in [0.1, 0.15) is 12.4 Å². The normalized spacial score (nSPS) is 13.5. The summed E-state index contributed by atoms with van der Waals surface area (Å²) in [5, 5.41) is 3.45. The number of carbonyl (C=O) groups is 1. The van der Waals surface area contributed by atoms with Gasteiger partial charge >= 0.3 is 0 Å². The number of likely N-dealkylation sites (tertiary alicyclic amines) is 1. The summed E-state index contributed by atoms with van der Waals surface area (Å²) in [4.78, 5) is 13.5. The van der Waals surface area contributed by atoms with Crippen LogP contribution in [0.4, 0.5) is 0 Å². The van der Waals surface area contributed by atoms with E-state index in [1.165, 1.54) is 16.7 Å². The number of rotatable bonds is 9. The highest BCUT2D eigenvalue weighted by molar-refractivity contribution is 5.85. The molecular weight excluding hydrogens is 360 g/mol. The molecule has 0 radical (unpaired) electrons. The van der Waals surface area contributed by atoms with Crippen molar-refractivity contribution in [1.29, 1.82) is 0 Å². The van der Waals surface area contributed by atoms with Crippen LogP contribution >= 0.6 is 12.4 Å². The van der Waals surface area contributed by atoms with Crippen molar-refractivity contribution >= 4 is 18.3 Å². The highest BCUT2D eigenvalue weighted by Gasteiger charge is 2.18. The van der Waals surface area contributed by atoms with E-state index in [4.69, 9.17) is 4.74 Å². The van der Waals surface area contributed by atoms with Gasteiger partial charge in [-0.2, -0.15) is 0 Å². The molecule has 1 N–H and O–H groups in total. The molecule has 0 aliphatic carbocycles. The van der Waals surface area contributed by atoms with Crippen molar-refractivity contribution in [2.75, 3.05) is 19.6 Å². The number of nitrogens with one attached hydrogen (secondary N) is 1. The maximum absolute atomic E-state index is 11.6. The van der Waals surface area contributed by atoms with Gasteiger partial charge in [0.2, 0.25) is 5.91 Å². The Morgan fingerprint density at radius 1 is 1.11 bits per heavy atom. The van der Waals surface area contributed by atoms with Crippen LogP contribution in [0.1, 0.15) is 36.0 Å². The lowest BCUT2D eigenvalue weighted by Gasteiger charge is -2.15. The van der Waals surface area contributed by atoms with Gasteiger partial charge in [0.15, 0.2) is 0 Å². The minimum absolute atomic E-state index is 0. The second kappa shape index (κ2) is 11.0. The van der Waals surface area contributed by atoms with E-state index in [0.29, 0.717) is 12.5 Å². The second-order valence-electron chi connectivity index (χ2n) is 6.94. The fraction of sp³-hybridized carbons (Fsp3) is 0.409. The van der Waals surface area contributed by atoms with Crippen LogP contribution in [0.3, 0.4) is 0 Å². The van der Waals surface area contributed by atoms with Gasteiger partial charge in [-0.25, -0.2) is 0 Å². The van der Waals surface area contributed by atoms with Gasteiger partial charge in [0.25, 0.3) is 0 Å². The van der Waals surface area contributed by atoms with Gasteiger partial charge in [0.05, 0.1) is 0 Å². The van der Waals surface area contributed by atoms with Crippen molar-refractivity contribution in [2.24, 2.45) is 0 Å². The largest absolute Gasteiger partial charge is 0.489 e. The molecule has 0 unspecified atom stereocenters. The minimum Gasteiger partial charge on any atom is -0.489 e. The number of hydrogen-bond acceptors (Lipinski definition) is 3. The van der Waals surface area contributed by atoms with Crippen LogP contribution in [-0.4, -0.2) is 30.4 Å². The number of halogens is 1. The van der Waals surface area contributed by atoms with E-state index in [0.717, 1.165) is 51.2 Å². The smallest absolute Gasteiger partial charge is 0.222 e. The highest BCUT2D eigenvalue weighted by Crippen LogP contribution is 2.15. The number of hydrogen-bond donors (Lipinski definition) is 1. The summed E-state index contributed by atoms with van der Waals surface area (Å²) >= 11 is 0. The average molecular weight is 389 g/mol. The first-order chi connectivity index (χ1) is 12.7. The lowest BCUT2D eigenvalue weighted by molar-refractivity contribution is -0.127.